The lowest BCUT2D eigenvalue weighted by atomic mass is 9.92. The lowest BCUT2D eigenvalue weighted by Crippen LogP contribution is -2.39. The third kappa shape index (κ3) is 9.00. The van der Waals surface area contributed by atoms with Crippen LogP contribution >= 0.6 is 0 Å². The number of allylic oxidation sites excluding steroid dienone is 1. The van der Waals surface area contributed by atoms with E-state index in [9.17, 15) is 5.11 Å². The topological polar surface area (TPSA) is 66.4 Å². The first-order chi connectivity index (χ1) is 14.8. The van der Waals surface area contributed by atoms with Crippen molar-refractivity contribution in [1.82, 2.24) is 0 Å². The second-order valence-electron chi connectivity index (χ2n) is 8.80. The van der Waals surface area contributed by atoms with Crippen LogP contribution in [-0.2, 0) is 30.3 Å². The molecule has 1 saturated heterocycles. The molecule has 6 nitrogen and oxygen atoms in total. The molecule has 1 heterocycles. The summed E-state index contributed by atoms with van der Waals surface area (Å²) in [6.07, 6.45) is 3.74. The summed E-state index contributed by atoms with van der Waals surface area (Å²) in [6.45, 7) is 10.1. The van der Waals surface area contributed by atoms with Gasteiger partial charge in [0.25, 0.3) is 0 Å². The molecule has 4 atom stereocenters. The molecule has 0 amide bonds. The van der Waals surface area contributed by atoms with Gasteiger partial charge in [0.15, 0.2) is 5.79 Å². The van der Waals surface area contributed by atoms with Crippen molar-refractivity contribution in [2.45, 2.75) is 71.2 Å². The van der Waals surface area contributed by atoms with Gasteiger partial charge in [-0.05, 0) is 24.3 Å². The fraction of sp³-hybridized carbons (Fsp3) is 0.680. The van der Waals surface area contributed by atoms with E-state index in [-0.39, 0.29) is 18.8 Å². The monoisotopic (exact) mass is 436 g/mol. The fourth-order valence-corrected chi connectivity index (χ4v) is 3.96. The molecule has 31 heavy (non-hydrogen) atoms. The number of aliphatic hydroxyl groups excluding tert-OH is 1. The molecule has 0 spiro atoms. The summed E-state index contributed by atoms with van der Waals surface area (Å²) >= 11 is 0. The first kappa shape index (κ1) is 26.0. The maximum atomic E-state index is 10.9. The Morgan fingerprint density at radius 2 is 1.68 bits per heavy atom. The van der Waals surface area contributed by atoms with E-state index in [2.05, 4.69) is 20.8 Å². The SMILES string of the molecule is COCO[C@H](C)[C@@H](OCc1ccccc1)[C@@H](O)/C=C\[C@H](C)CC1(CC(C)C)OCCO1. The van der Waals surface area contributed by atoms with Crippen molar-refractivity contribution < 1.29 is 28.8 Å². The quantitative estimate of drug-likeness (QED) is 0.346. The molecule has 176 valence electrons. The van der Waals surface area contributed by atoms with Crippen LogP contribution in [0.25, 0.3) is 0 Å². The third-order valence-corrected chi connectivity index (χ3v) is 5.34. The van der Waals surface area contributed by atoms with Gasteiger partial charge in [-0.3, -0.25) is 0 Å². The lowest BCUT2D eigenvalue weighted by molar-refractivity contribution is -0.177. The Morgan fingerprint density at radius 1 is 1.00 bits per heavy atom. The highest BCUT2D eigenvalue weighted by atomic mass is 16.7. The molecule has 1 aliphatic rings. The van der Waals surface area contributed by atoms with Crippen LogP contribution in [0, 0.1) is 11.8 Å². The molecule has 1 aromatic rings. The van der Waals surface area contributed by atoms with Crippen molar-refractivity contribution >= 4 is 0 Å². The predicted molar refractivity (Wildman–Crippen MR) is 120 cm³/mol. The number of aliphatic hydroxyl groups is 1. The zero-order valence-electron chi connectivity index (χ0n) is 19.7. The smallest absolute Gasteiger partial charge is 0.169 e. The van der Waals surface area contributed by atoms with E-state index in [0.29, 0.717) is 25.7 Å². The first-order valence-electron chi connectivity index (χ1n) is 11.3. The molecule has 1 N–H and O–H groups in total. The fourth-order valence-electron chi connectivity index (χ4n) is 3.96. The summed E-state index contributed by atoms with van der Waals surface area (Å²) < 4.78 is 28.7. The second kappa shape index (κ2) is 13.3. The minimum absolute atomic E-state index is 0.144. The van der Waals surface area contributed by atoms with Crippen LogP contribution in [-0.4, -0.2) is 56.3 Å². The van der Waals surface area contributed by atoms with Crippen molar-refractivity contribution in [2.24, 2.45) is 11.8 Å². The van der Waals surface area contributed by atoms with Gasteiger partial charge in [0.1, 0.15) is 19.0 Å². The maximum Gasteiger partial charge on any atom is 0.169 e. The molecule has 1 fully saturated rings. The molecule has 0 saturated carbocycles. The van der Waals surface area contributed by atoms with E-state index in [4.69, 9.17) is 23.7 Å². The summed E-state index contributed by atoms with van der Waals surface area (Å²) in [5.74, 6) is 0.131. The molecule has 6 heteroatoms. The minimum atomic E-state index is -0.815. The van der Waals surface area contributed by atoms with Gasteiger partial charge in [0, 0.05) is 20.0 Å². The van der Waals surface area contributed by atoms with Gasteiger partial charge in [-0.25, -0.2) is 0 Å². The number of methoxy groups -OCH3 is 1. The lowest BCUT2D eigenvalue weighted by Gasteiger charge is -2.31. The molecular formula is C25H40O6. The van der Waals surface area contributed by atoms with Gasteiger partial charge in [-0.2, -0.15) is 0 Å². The second-order valence-corrected chi connectivity index (χ2v) is 8.80. The Kier molecular flexibility index (Phi) is 11.2. The first-order valence-corrected chi connectivity index (χ1v) is 11.3. The average molecular weight is 437 g/mol. The van der Waals surface area contributed by atoms with Gasteiger partial charge in [0.05, 0.1) is 25.9 Å². The standard InChI is InChI=1S/C25H40O6/c1-19(2)15-25(30-13-14-31-25)16-20(3)11-12-23(26)24(21(4)29-18-27-5)28-17-22-9-7-6-8-10-22/h6-12,19-21,23-24,26H,13-18H2,1-5H3/b12-11-/t20-,21+,23-,24+/m0/s1. The Labute approximate surface area is 187 Å². The zero-order valence-corrected chi connectivity index (χ0v) is 19.7. The van der Waals surface area contributed by atoms with Gasteiger partial charge in [-0.15, -0.1) is 0 Å². The maximum absolute atomic E-state index is 10.9. The largest absolute Gasteiger partial charge is 0.386 e. The van der Waals surface area contributed by atoms with Crippen molar-refractivity contribution in [3.63, 3.8) is 0 Å². The Hall–Kier alpha value is -1.28. The van der Waals surface area contributed by atoms with Crippen LogP contribution in [0.4, 0.5) is 0 Å². The van der Waals surface area contributed by atoms with E-state index in [1.54, 1.807) is 13.2 Å². The Balaban J connectivity index is 1.99. The summed E-state index contributed by atoms with van der Waals surface area (Å²) in [5.41, 5.74) is 1.04. The molecule has 0 aromatic heterocycles. The summed E-state index contributed by atoms with van der Waals surface area (Å²) in [6, 6.07) is 9.90. The number of benzene rings is 1. The number of ether oxygens (including phenoxy) is 5. The van der Waals surface area contributed by atoms with E-state index in [0.717, 1.165) is 18.4 Å². The number of rotatable bonds is 14. The Morgan fingerprint density at radius 3 is 2.29 bits per heavy atom. The van der Waals surface area contributed by atoms with Gasteiger partial charge < -0.3 is 28.8 Å². The van der Waals surface area contributed by atoms with Crippen LogP contribution < -0.4 is 0 Å². The van der Waals surface area contributed by atoms with Crippen LogP contribution in [0.1, 0.15) is 46.1 Å². The van der Waals surface area contributed by atoms with E-state index in [1.807, 2.05) is 43.3 Å². The van der Waals surface area contributed by atoms with Crippen molar-refractivity contribution in [1.29, 1.82) is 0 Å². The normalized spacial score (nSPS) is 20.2. The molecule has 2 rings (SSSR count). The van der Waals surface area contributed by atoms with Crippen LogP contribution in [0.15, 0.2) is 42.5 Å². The van der Waals surface area contributed by atoms with Crippen LogP contribution in [0.2, 0.25) is 0 Å². The van der Waals surface area contributed by atoms with Gasteiger partial charge in [0.2, 0.25) is 0 Å². The van der Waals surface area contributed by atoms with E-state index >= 15 is 0 Å². The minimum Gasteiger partial charge on any atom is -0.386 e. The van der Waals surface area contributed by atoms with Crippen molar-refractivity contribution in [3.05, 3.63) is 48.0 Å². The average Bonchev–Trinajstić information content (AvgIpc) is 3.18. The summed E-state index contributed by atoms with van der Waals surface area (Å²) in [5, 5.41) is 10.9. The molecular weight excluding hydrogens is 396 g/mol. The van der Waals surface area contributed by atoms with E-state index < -0.39 is 18.0 Å². The highest BCUT2D eigenvalue weighted by Gasteiger charge is 2.38. The van der Waals surface area contributed by atoms with Crippen molar-refractivity contribution in [2.75, 3.05) is 27.1 Å². The third-order valence-electron chi connectivity index (χ3n) is 5.34. The molecule has 0 bridgehead atoms. The summed E-state index contributed by atoms with van der Waals surface area (Å²) in [7, 11) is 1.57. The van der Waals surface area contributed by atoms with Gasteiger partial charge in [-0.1, -0.05) is 63.3 Å². The molecule has 0 unspecified atom stereocenters. The van der Waals surface area contributed by atoms with Gasteiger partial charge >= 0.3 is 0 Å². The summed E-state index contributed by atoms with van der Waals surface area (Å²) in [4.78, 5) is 0. The van der Waals surface area contributed by atoms with Crippen molar-refractivity contribution in [3.8, 4) is 0 Å². The molecule has 0 radical (unpaired) electrons. The number of hydrogen-bond acceptors (Lipinski definition) is 6. The highest BCUT2D eigenvalue weighted by molar-refractivity contribution is 5.13. The molecule has 1 aliphatic heterocycles. The van der Waals surface area contributed by atoms with Crippen LogP contribution in [0.3, 0.4) is 0 Å². The molecule has 1 aromatic carbocycles. The van der Waals surface area contributed by atoms with Crippen LogP contribution in [0.5, 0.6) is 0 Å². The highest BCUT2D eigenvalue weighted by Crippen LogP contribution is 2.34. The zero-order chi connectivity index (χ0) is 22.7. The number of hydrogen-bond donors (Lipinski definition) is 1. The Bertz CT molecular complexity index is 626. The predicted octanol–water partition coefficient (Wildman–Crippen LogP) is 4.31. The molecule has 0 aliphatic carbocycles. The van der Waals surface area contributed by atoms with E-state index in [1.165, 1.54) is 0 Å².